The highest BCUT2D eigenvalue weighted by Gasteiger charge is 2.15. The highest BCUT2D eigenvalue weighted by Crippen LogP contribution is 2.33. The quantitative estimate of drug-likeness (QED) is 0.858. The Morgan fingerprint density at radius 2 is 1.90 bits per heavy atom. The number of rotatable bonds is 5. The lowest BCUT2D eigenvalue weighted by molar-refractivity contribution is 0.0996. The van der Waals surface area contributed by atoms with Crippen LogP contribution in [0.3, 0.4) is 0 Å². The van der Waals surface area contributed by atoms with Crippen LogP contribution in [-0.4, -0.2) is 18.4 Å². The van der Waals surface area contributed by atoms with Crippen molar-refractivity contribution in [3.8, 4) is 16.9 Å². The van der Waals surface area contributed by atoms with E-state index < -0.39 is 5.91 Å². The predicted octanol–water partition coefficient (Wildman–Crippen LogP) is 3.38. The highest BCUT2D eigenvalue weighted by atomic mass is 35.5. The van der Waals surface area contributed by atoms with Crippen molar-refractivity contribution in [2.75, 3.05) is 12.5 Å². The summed E-state index contributed by atoms with van der Waals surface area (Å²) in [4.78, 5) is 11.5. The normalized spacial score (nSPS) is 10.3. The molecule has 0 fully saturated rings. The van der Waals surface area contributed by atoms with Gasteiger partial charge in [0.2, 0.25) is 0 Å². The smallest absolute Gasteiger partial charge is 0.252 e. The Kier molecular flexibility index (Phi) is 4.64. The summed E-state index contributed by atoms with van der Waals surface area (Å²) < 4.78 is 5.61. The molecule has 2 N–H and O–H groups in total. The van der Waals surface area contributed by atoms with E-state index in [1.54, 1.807) is 6.07 Å². The first-order valence-electron chi connectivity index (χ1n) is 6.32. The van der Waals surface area contributed by atoms with Crippen molar-refractivity contribution >= 4 is 17.5 Å². The number of hydrogen-bond donors (Lipinski definition) is 1. The van der Waals surface area contributed by atoms with E-state index in [-0.39, 0.29) is 0 Å². The number of ether oxygens (including phenoxy) is 1. The maximum atomic E-state index is 11.5. The fraction of sp³-hybridized carbons (Fsp3) is 0.188. The lowest BCUT2D eigenvalue weighted by Crippen LogP contribution is -2.14. The van der Waals surface area contributed by atoms with Gasteiger partial charge in [-0.25, -0.2) is 0 Å². The largest absolute Gasteiger partial charge is 0.491 e. The molecule has 0 unspecified atom stereocenters. The summed E-state index contributed by atoms with van der Waals surface area (Å²) in [5.74, 6) is 0.365. The van der Waals surface area contributed by atoms with E-state index in [0.717, 1.165) is 16.7 Å². The van der Waals surface area contributed by atoms with Crippen molar-refractivity contribution in [3.05, 3.63) is 53.6 Å². The number of alkyl halides is 1. The fourth-order valence-corrected chi connectivity index (χ4v) is 2.22. The van der Waals surface area contributed by atoms with Gasteiger partial charge in [-0.2, -0.15) is 0 Å². The van der Waals surface area contributed by atoms with Crippen molar-refractivity contribution in [2.45, 2.75) is 6.92 Å². The van der Waals surface area contributed by atoms with Crippen LogP contribution in [0.15, 0.2) is 42.5 Å². The molecule has 4 heteroatoms. The molecule has 0 aliphatic heterocycles. The zero-order chi connectivity index (χ0) is 14.5. The summed E-state index contributed by atoms with van der Waals surface area (Å²) in [6, 6.07) is 13.5. The minimum absolute atomic E-state index is 0.334. The molecule has 0 heterocycles. The number of nitrogens with two attached hydrogens (primary N) is 1. The number of primary amides is 1. The summed E-state index contributed by atoms with van der Waals surface area (Å²) in [7, 11) is 0. The third-order valence-electron chi connectivity index (χ3n) is 3.08. The fourth-order valence-electron chi connectivity index (χ4n) is 2.14. The first kappa shape index (κ1) is 14.4. The van der Waals surface area contributed by atoms with Gasteiger partial charge in [-0.1, -0.05) is 36.4 Å². The summed E-state index contributed by atoms with van der Waals surface area (Å²) in [5.41, 5.74) is 8.74. The van der Waals surface area contributed by atoms with Crippen LogP contribution in [0, 0.1) is 6.92 Å². The Labute approximate surface area is 123 Å². The molecule has 0 bridgehead atoms. The molecule has 0 aromatic heterocycles. The molecule has 104 valence electrons. The average molecular weight is 290 g/mol. The molecule has 2 aromatic rings. The van der Waals surface area contributed by atoms with E-state index >= 15 is 0 Å². The van der Waals surface area contributed by atoms with E-state index in [2.05, 4.69) is 0 Å². The van der Waals surface area contributed by atoms with Gasteiger partial charge < -0.3 is 10.5 Å². The Hall–Kier alpha value is -2.00. The van der Waals surface area contributed by atoms with Gasteiger partial charge in [0.15, 0.2) is 0 Å². The van der Waals surface area contributed by atoms with E-state index in [0.29, 0.717) is 23.8 Å². The molecule has 0 saturated heterocycles. The van der Waals surface area contributed by atoms with E-state index in [1.807, 2.05) is 43.3 Å². The number of hydrogen-bond acceptors (Lipinski definition) is 2. The topological polar surface area (TPSA) is 52.3 Å². The summed E-state index contributed by atoms with van der Waals surface area (Å²) >= 11 is 5.65. The van der Waals surface area contributed by atoms with Crippen LogP contribution in [0.25, 0.3) is 11.1 Å². The summed E-state index contributed by atoms with van der Waals surface area (Å²) in [6.07, 6.45) is 0. The molecular formula is C16H16ClNO2. The molecule has 2 aromatic carbocycles. The Morgan fingerprint density at radius 1 is 1.20 bits per heavy atom. The number of halogens is 1. The monoisotopic (exact) mass is 289 g/mol. The number of carbonyl (C=O) groups is 1. The molecule has 0 saturated carbocycles. The maximum absolute atomic E-state index is 11.5. The Bertz CT molecular complexity index is 611. The van der Waals surface area contributed by atoms with Gasteiger partial charge in [0.05, 0.1) is 11.4 Å². The second-order valence-electron chi connectivity index (χ2n) is 4.38. The minimum Gasteiger partial charge on any atom is -0.491 e. The van der Waals surface area contributed by atoms with Crippen molar-refractivity contribution in [2.24, 2.45) is 5.73 Å². The molecule has 0 aliphatic carbocycles. The molecule has 3 nitrogen and oxygen atoms in total. The van der Waals surface area contributed by atoms with Crippen molar-refractivity contribution < 1.29 is 9.53 Å². The molecule has 0 spiro atoms. The SMILES string of the molecule is Cc1c(-c2ccccc2)ccc(C(N)=O)c1OCCCl. The molecule has 0 radical (unpaired) electrons. The van der Waals surface area contributed by atoms with Gasteiger partial charge in [0, 0.05) is 0 Å². The maximum Gasteiger partial charge on any atom is 0.252 e. The standard InChI is InChI=1S/C16H16ClNO2/c1-11-13(12-5-3-2-4-6-12)7-8-14(16(18)19)15(11)20-10-9-17/h2-8H,9-10H2,1H3,(H2,18,19). The molecule has 20 heavy (non-hydrogen) atoms. The van der Waals surface area contributed by atoms with E-state index in [9.17, 15) is 4.79 Å². The third kappa shape index (κ3) is 2.94. The van der Waals surface area contributed by atoms with Gasteiger partial charge in [-0.3, -0.25) is 4.79 Å². The van der Waals surface area contributed by atoms with Crippen LogP contribution in [0.2, 0.25) is 0 Å². The van der Waals surface area contributed by atoms with Gasteiger partial charge >= 0.3 is 0 Å². The zero-order valence-corrected chi connectivity index (χ0v) is 12.0. The van der Waals surface area contributed by atoms with Crippen LogP contribution >= 0.6 is 11.6 Å². The molecular weight excluding hydrogens is 274 g/mol. The van der Waals surface area contributed by atoms with E-state index in [1.165, 1.54) is 0 Å². The van der Waals surface area contributed by atoms with E-state index in [4.69, 9.17) is 22.1 Å². The van der Waals surface area contributed by atoms with Gasteiger partial charge in [-0.15, -0.1) is 11.6 Å². The van der Waals surface area contributed by atoms with Crippen LogP contribution in [-0.2, 0) is 0 Å². The first-order valence-corrected chi connectivity index (χ1v) is 6.86. The number of amides is 1. The van der Waals surface area contributed by atoms with Crippen LogP contribution < -0.4 is 10.5 Å². The summed E-state index contributed by atoms with van der Waals surface area (Å²) in [5, 5.41) is 0. The van der Waals surface area contributed by atoms with Crippen LogP contribution in [0.5, 0.6) is 5.75 Å². The minimum atomic E-state index is -0.503. The van der Waals surface area contributed by atoms with Crippen LogP contribution in [0.4, 0.5) is 0 Å². The Morgan fingerprint density at radius 3 is 2.50 bits per heavy atom. The Balaban J connectivity index is 2.54. The molecule has 0 aliphatic rings. The van der Waals surface area contributed by atoms with Gasteiger partial charge in [0.25, 0.3) is 5.91 Å². The van der Waals surface area contributed by atoms with Crippen molar-refractivity contribution in [3.63, 3.8) is 0 Å². The lowest BCUT2D eigenvalue weighted by Gasteiger charge is -2.15. The predicted molar refractivity (Wildman–Crippen MR) is 81.3 cm³/mol. The second-order valence-corrected chi connectivity index (χ2v) is 4.76. The van der Waals surface area contributed by atoms with Gasteiger partial charge in [0.1, 0.15) is 12.4 Å². The highest BCUT2D eigenvalue weighted by molar-refractivity contribution is 6.18. The number of carbonyl (C=O) groups excluding carboxylic acids is 1. The van der Waals surface area contributed by atoms with Gasteiger partial charge in [-0.05, 0) is 29.7 Å². The molecule has 0 atom stereocenters. The molecule has 2 rings (SSSR count). The molecule has 1 amide bonds. The lowest BCUT2D eigenvalue weighted by atomic mass is 9.97. The van der Waals surface area contributed by atoms with Crippen molar-refractivity contribution in [1.82, 2.24) is 0 Å². The van der Waals surface area contributed by atoms with Crippen LogP contribution in [0.1, 0.15) is 15.9 Å². The first-order chi connectivity index (χ1) is 9.65. The zero-order valence-electron chi connectivity index (χ0n) is 11.2. The average Bonchev–Trinajstić information content (AvgIpc) is 2.46. The van der Waals surface area contributed by atoms with Crippen molar-refractivity contribution in [1.29, 1.82) is 0 Å². The number of benzene rings is 2. The third-order valence-corrected chi connectivity index (χ3v) is 3.23. The summed E-state index contributed by atoms with van der Waals surface area (Å²) in [6.45, 7) is 2.25. The second kappa shape index (κ2) is 6.44.